The normalized spacial score (nSPS) is 32.7. The lowest BCUT2D eigenvalue weighted by Gasteiger charge is -2.38. The Morgan fingerprint density at radius 1 is 1.16 bits per heavy atom. The molecule has 0 aromatic carbocycles. The number of carbonyl (C=O) groups excluding carboxylic acids is 2. The minimum Gasteiger partial charge on any atom is -0.461 e. The summed E-state index contributed by atoms with van der Waals surface area (Å²) in [7, 11) is 0. The average Bonchev–Trinajstić information content (AvgIpc) is 3.08. The molecular weight excluding hydrogens is 398 g/mol. The molecule has 2 aliphatic carbocycles. The van der Waals surface area contributed by atoms with Crippen LogP contribution in [-0.4, -0.2) is 42.8 Å². The first-order chi connectivity index (χ1) is 14.9. The summed E-state index contributed by atoms with van der Waals surface area (Å²) in [5, 5.41) is 4.22. The summed E-state index contributed by atoms with van der Waals surface area (Å²) in [5.74, 6) is -0.121. The first-order valence-electron chi connectivity index (χ1n) is 12.1. The number of rotatable bonds is 8. The van der Waals surface area contributed by atoms with Crippen LogP contribution in [0.15, 0.2) is 5.16 Å². The van der Waals surface area contributed by atoms with Crippen LogP contribution in [0, 0.1) is 23.7 Å². The molecule has 2 saturated carbocycles. The van der Waals surface area contributed by atoms with Crippen molar-refractivity contribution in [3.05, 3.63) is 0 Å². The van der Waals surface area contributed by atoms with Crippen LogP contribution in [0.4, 0.5) is 0 Å². The van der Waals surface area contributed by atoms with Gasteiger partial charge in [0.15, 0.2) is 5.71 Å². The highest BCUT2D eigenvalue weighted by Gasteiger charge is 2.45. The van der Waals surface area contributed by atoms with Gasteiger partial charge in [0, 0.05) is 0 Å². The quantitative estimate of drug-likeness (QED) is 0.313. The maximum Gasteiger partial charge on any atom is 0.356 e. The van der Waals surface area contributed by atoms with E-state index in [1.54, 1.807) is 6.92 Å². The van der Waals surface area contributed by atoms with Gasteiger partial charge in [-0.1, -0.05) is 38.8 Å². The molecule has 0 unspecified atom stereocenters. The Morgan fingerprint density at radius 3 is 2.58 bits per heavy atom. The van der Waals surface area contributed by atoms with Crippen LogP contribution in [0.25, 0.3) is 0 Å². The van der Waals surface area contributed by atoms with E-state index in [0.717, 1.165) is 38.5 Å². The van der Waals surface area contributed by atoms with E-state index in [2.05, 4.69) is 25.9 Å². The Hall–Kier alpha value is -1.63. The van der Waals surface area contributed by atoms with Crippen LogP contribution >= 0.6 is 0 Å². The molecule has 3 fully saturated rings. The number of hydrogen-bond acceptors (Lipinski definition) is 7. The van der Waals surface area contributed by atoms with Crippen molar-refractivity contribution in [3.8, 4) is 0 Å². The minimum absolute atomic E-state index is 0.0000772. The standard InChI is InChI=1S/C24H39NO6/c1-5-28-23(27)22(25-31-17-9-7-6-8-10-17)19-14-21(26)30-24(19)29-20-13-16(4)11-12-18(20)15(2)3/h15-20,24H,5-14H2,1-4H3/b25-22-/t16-,18+,19-,20-,24+/m0/s1. The maximum absolute atomic E-state index is 12.7. The average molecular weight is 438 g/mol. The molecule has 1 heterocycles. The summed E-state index contributed by atoms with van der Waals surface area (Å²) < 4.78 is 17.2. The number of nitrogens with zero attached hydrogens (tertiary/aromatic N) is 1. The van der Waals surface area contributed by atoms with Gasteiger partial charge in [0.05, 0.1) is 25.0 Å². The molecule has 31 heavy (non-hydrogen) atoms. The fourth-order valence-corrected chi connectivity index (χ4v) is 5.09. The lowest BCUT2D eigenvalue weighted by Crippen LogP contribution is -2.41. The molecule has 7 heteroatoms. The van der Waals surface area contributed by atoms with E-state index in [1.807, 2.05) is 0 Å². The largest absolute Gasteiger partial charge is 0.461 e. The fraction of sp³-hybridized carbons (Fsp3) is 0.875. The van der Waals surface area contributed by atoms with E-state index >= 15 is 0 Å². The van der Waals surface area contributed by atoms with E-state index in [1.165, 1.54) is 12.8 Å². The van der Waals surface area contributed by atoms with Gasteiger partial charge in [0.25, 0.3) is 0 Å². The summed E-state index contributed by atoms with van der Waals surface area (Å²) in [6, 6.07) is 0. The van der Waals surface area contributed by atoms with Crippen LogP contribution in [0.2, 0.25) is 0 Å². The summed E-state index contributed by atoms with van der Waals surface area (Å²) in [5.41, 5.74) is 0.105. The van der Waals surface area contributed by atoms with E-state index in [9.17, 15) is 9.59 Å². The predicted molar refractivity (Wildman–Crippen MR) is 116 cm³/mol. The molecule has 1 aliphatic heterocycles. The number of ether oxygens (including phenoxy) is 3. The van der Waals surface area contributed by atoms with Crippen molar-refractivity contribution < 1.29 is 28.6 Å². The van der Waals surface area contributed by atoms with Gasteiger partial charge in [-0.25, -0.2) is 4.79 Å². The molecular formula is C24H39NO6. The summed E-state index contributed by atoms with van der Waals surface area (Å²) in [4.78, 5) is 30.7. The van der Waals surface area contributed by atoms with Crippen molar-refractivity contribution in [2.45, 2.75) is 104 Å². The van der Waals surface area contributed by atoms with E-state index in [0.29, 0.717) is 17.8 Å². The van der Waals surface area contributed by atoms with Gasteiger partial charge >= 0.3 is 11.9 Å². The number of hydrogen-bond donors (Lipinski definition) is 0. The topological polar surface area (TPSA) is 83.4 Å². The van der Waals surface area contributed by atoms with Gasteiger partial charge in [0.2, 0.25) is 6.29 Å². The molecule has 0 aromatic heterocycles. The van der Waals surface area contributed by atoms with Crippen molar-refractivity contribution in [2.24, 2.45) is 28.8 Å². The molecule has 0 bridgehead atoms. The van der Waals surface area contributed by atoms with Crippen molar-refractivity contribution in [1.82, 2.24) is 0 Å². The number of esters is 2. The Morgan fingerprint density at radius 2 is 1.90 bits per heavy atom. The number of oxime groups is 1. The molecule has 3 aliphatic rings. The molecule has 0 amide bonds. The zero-order valence-electron chi connectivity index (χ0n) is 19.5. The first-order valence-corrected chi connectivity index (χ1v) is 12.1. The van der Waals surface area contributed by atoms with Gasteiger partial charge in [-0.3, -0.25) is 4.79 Å². The van der Waals surface area contributed by atoms with Crippen molar-refractivity contribution in [1.29, 1.82) is 0 Å². The first kappa shape index (κ1) is 24.0. The second kappa shape index (κ2) is 11.3. The third-order valence-electron chi connectivity index (χ3n) is 6.92. The molecule has 3 rings (SSSR count). The zero-order chi connectivity index (χ0) is 22.4. The lowest BCUT2D eigenvalue weighted by atomic mass is 9.75. The van der Waals surface area contributed by atoms with E-state index in [-0.39, 0.29) is 36.9 Å². The molecule has 0 radical (unpaired) electrons. The van der Waals surface area contributed by atoms with Crippen LogP contribution in [-0.2, 0) is 28.6 Å². The second-order valence-electron chi connectivity index (χ2n) is 9.73. The van der Waals surface area contributed by atoms with Crippen LogP contribution < -0.4 is 0 Å². The Bertz CT molecular complexity index is 642. The summed E-state index contributed by atoms with van der Waals surface area (Å²) >= 11 is 0. The zero-order valence-corrected chi connectivity index (χ0v) is 19.5. The molecule has 5 atom stereocenters. The third kappa shape index (κ3) is 6.43. The minimum atomic E-state index is -0.831. The Kier molecular flexibility index (Phi) is 8.76. The van der Waals surface area contributed by atoms with Crippen molar-refractivity contribution in [2.75, 3.05) is 6.61 Å². The number of carbonyl (C=O) groups is 2. The van der Waals surface area contributed by atoms with E-state index in [4.69, 9.17) is 19.0 Å². The third-order valence-corrected chi connectivity index (χ3v) is 6.92. The molecule has 0 N–H and O–H groups in total. The molecule has 7 nitrogen and oxygen atoms in total. The van der Waals surface area contributed by atoms with Crippen molar-refractivity contribution in [3.63, 3.8) is 0 Å². The van der Waals surface area contributed by atoms with Gasteiger partial charge < -0.3 is 19.0 Å². The number of cyclic esters (lactones) is 1. The smallest absolute Gasteiger partial charge is 0.356 e. The highest BCUT2D eigenvalue weighted by atomic mass is 16.7. The molecule has 0 spiro atoms. The summed E-state index contributed by atoms with van der Waals surface area (Å²) in [6.45, 7) is 8.62. The monoisotopic (exact) mass is 437 g/mol. The van der Waals surface area contributed by atoms with Crippen molar-refractivity contribution >= 4 is 17.7 Å². The van der Waals surface area contributed by atoms with Gasteiger partial charge in [-0.2, -0.15) is 0 Å². The van der Waals surface area contributed by atoms with E-state index < -0.39 is 18.2 Å². The second-order valence-corrected chi connectivity index (χ2v) is 9.73. The Labute approximate surface area is 186 Å². The van der Waals surface area contributed by atoms with Gasteiger partial charge in [0.1, 0.15) is 6.10 Å². The van der Waals surface area contributed by atoms with Gasteiger partial charge in [-0.15, -0.1) is 0 Å². The summed E-state index contributed by atoms with van der Waals surface area (Å²) in [6.07, 6.45) is 7.66. The SMILES string of the molecule is CCOC(=O)/C(=N\OC1CCCCC1)[C@@H]1CC(=O)O[C@H]1O[C@H]1C[C@@H](C)CC[C@@H]1C(C)C. The van der Waals surface area contributed by atoms with Crippen LogP contribution in [0.5, 0.6) is 0 Å². The molecule has 176 valence electrons. The maximum atomic E-state index is 12.7. The molecule has 1 saturated heterocycles. The van der Waals surface area contributed by atoms with Gasteiger partial charge in [-0.05, 0) is 63.2 Å². The predicted octanol–water partition coefficient (Wildman–Crippen LogP) is 4.62. The van der Waals surface area contributed by atoms with Crippen LogP contribution in [0.3, 0.4) is 0 Å². The lowest BCUT2D eigenvalue weighted by molar-refractivity contribution is -0.191. The highest BCUT2D eigenvalue weighted by Crippen LogP contribution is 2.38. The highest BCUT2D eigenvalue weighted by molar-refractivity contribution is 6.37. The Balaban J connectivity index is 1.77. The fourth-order valence-electron chi connectivity index (χ4n) is 5.09. The van der Waals surface area contributed by atoms with Crippen LogP contribution in [0.1, 0.15) is 85.5 Å². The molecule has 0 aromatic rings.